The third-order valence-corrected chi connectivity index (χ3v) is 3.40. The van der Waals surface area contributed by atoms with Gasteiger partial charge in [-0.15, -0.1) is 0 Å². The van der Waals surface area contributed by atoms with Gasteiger partial charge in [-0.1, -0.05) is 0 Å². The van der Waals surface area contributed by atoms with E-state index < -0.39 is 0 Å². The molecule has 1 N–H and O–H groups in total. The number of aromatic nitrogens is 1. The van der Waals surface area contributed by atoms with Gasteiger partial charge < -0.3 is 10.1 Å². The van der Waals surface area contributed by atoms with Gasteiger partial charge in [-0.3, -0.25) is 4.98 Å². The fraction of sp³-hybridized carbons (Fsp3) is 0.600. The minimum atomic E-state index is 0.0976. The summed E-state index contributed by atoms with van der Waals surface area (Å²) in [7, 11) is 0. The highest BCUT2D eigenvalue weighted by molar-refractivity contribution is 5.75. The van der Waals surface area contributed by atoms with Gasteiger partial charge >= 0.3 is 0 Å². The number of hydrogen-bond acceptors (Lipinski definition) is 3. The number of nitrogens with zero attached hydrogens (tertiary/aromatic N) is 1. The molecule has 1 heterocycles. The SMILES string of the molecule is CC(=O)CCc1ccnc(C2(NC(C)C)CC2)c1. The van der Waals surface area contributed by atoms with Crippen LogP contribution in [0.4, 0.5) is 0 Å². The smallest absolute Gasteiger partial charge is 0.130 e. The highest BCUT2D eigenvalue weighted by atomic mass is 16.1. The van der Waals surface area contributed by atoms with Crippen molar-refractivity contribution in [1.29, 1.82) is 0 Å². The minimum Gasteiger partial charge on any atom is -0.304 e. The Morgan fingerprint density at radius 1 is 1.50 bits per heavy atom. The first kappa shape index (κ1) is 13.2. The van der Waals surface area contributed by atoms with Gasteiger partial charge in [0, 0.05) is 18.7 Å². The van der Waals surface area contributed by atoms with Crippen LogP contribution in [0.3, 0.4) is 0 Å². The highest BCUT2D eigenvalue weighted by Gasteiger charge is 2.45. The third-order valence-electron chi connectivity index (χ3n) is 3.40. The third kappa shape index (κ3) is 3.16. The van der Waals surface area contributed by atoms with Gasteiger partial charge in [-0.2, -0.15) is 0 Å². The molecule has 3 heteroatoms. The first-order valence-corrected chi connectivity index (χ1v) is 6.74. The molecule has 18 heavy (non-hydrogen) atoms. The summed E-state index contributed by atoms with van der Waals surface area (Å²) in [5, 5.41) is 3.61. The van der Waals surface area contributed by atoms with E-state index in [9.17, 15) is 4.79 Å². The average molecular weight is 246 g/mol. The summed E-state index contributed by atoms with van der Waals surface area (Å²) in [6.07, 6.45) is 5.63. The van der Waals surface area contributed by atoms with E-state index in [4.69, 9.17) is 0 Å². The van der Waals surface area contributed by atoms with Crippen LogP contribution in [0.15, 0.2) is 18.3 Å². The predicted molar refractivity (Wildman–Crippen MR) is 72.4 cm³/mol. The van der Waals surface area contributed by atoms with Crippen molar-refractivity contribution in [2.45, 2.75) is 58.0 Å². The lowest BCUT2D eigenvalue weighted by Crippen LogP contribution is -2.35. The molecule has 1 aromatic heterocycles. The van der Waals surface area contributed by atoms with E-state index in [1.807, 2.05) is 12.3 Å². The van der Waals surface area contributed by atoms with E-state index in [1.54, 1.807) is 6.92 Å². The van der Waals surface area contributed by atoms with Crippen LogP contribution in [0.5, 0.6) is 0 Å². The first-order chi connectivity index (χ1) is 8.52. The van der Waals surface area contributed by atoms with Crippen LogP contribution in [0.1, 0.15) is 51.3 Å². The molecule has 0 radical (unpaired) electrons. The Morgan fingerprint density at radius 2 is 2.22 bits per heavy atom. The van der Waals surface area contributed by atoms with Gasteiger partial charge in [-0.05, 0) is 57.7 Å². The van der Waals surface area contributed by atoms with Crippen LogP contribution in [0.25, 0.3) is 0 Å². The molecular formula is C15H22N2O. The Labute approximate surface area is 109 Å². The van der Waals surface area contributed by atoms with Crippen molar-refractivity contribution in [3.63, 3.8) is 0 Å². The lowest BCUT2D eigenvalue weighted by Gasteiger charge is -2.20. The average Bonchev–Trinajstić information content (AvgIpc) is 3.07. The van der Waals surface area contributed by atoms with Crippen molar-refractivity contribution in [2.24, 2.45) is 0 Å². The van der Waals surface area contributed by atoms with Gasteiger partial charge in [0.05, 0.1) is 11.2 Å². The van der Waals surface area contributed by atoms with Crippen LogP contribution in [0, 0.1) is 0 Å². The summed E-state index contributed by atoms with van der Waals surface area (Å²) in [6.45, 7) is 5.98. The van der Waals surface area contributed by atoms with Gasteiger partial charge in [0.1, 0.15) is 5.78 Å². The second kappa shape index (κ2) is 5.19. The Balaban J connectivity index is 2.10. The van der Waals surface area contributed by atoms with Crippen LogP contribution in [-0.4, -0.2) is 16.8 Å². The van der Waals surface area contributed by atoms with E-state index >= 15 is 0 Å². The zero-order valence-corrected chi connectivity index (χ0v) is 11.5. The highest BCUT2D eigenvalue weighted by Crippen LogP contribution is 2.45. The van der Waals surface area contributed by atoms with E-state index in [1.165, 1.54) is 5.56 Å². The van der Waals surface area contributed by atoms with Crippen LogP contribution in [0.2, 0.25) is 0 Å². The van der Waals surface area contributed by atoms with Crippen molar-refractivity contribution in [1.82, 2.24) is 10.3 Å². The molecule has 0 bridgehead atoms. The van der Waals surface area contributed by atoms with E-state index in [2.05, 4.69) is 30.2 Å². The minimum absolute atomic E-state index is 0.0976. The van der Waals surface area contributed by atoms with Crippen molar-refractivity contribution in [3.8, 4) is 0 Å². The number of Topliss-reactive ketones (excluding diaryl/α,β-unsaturated/α-hetero) is 1. The molecule has 3 nitrogen and oxygen atoms in total. The molecule has 0 spiro atoms. The topological polar surface area (TPSA) is 42.0 Å². The maximum atomic E-state index is 11.0. The molecule has 0 aliphatic heterocycles. The molecule has 1 saturated carbocycles. The van der Waals surface area contributed by atoms with Crippen LogP contribution >= 0.6 is 0 Å². The summed E-state index contributed by atoms with van der Waals surface area (Å²) >= 11 is 0. The zero-order chi connectivity index (χ0) is 13.2. The van der Waals surface area contributed by atoms with Crippen molar-refractivity contribution in [2.75, 3.05) is 0 Å². The standard InChI is InChI=1S/C15H22N2O/c1-11(2)17-15(7-8-15)14-10-13(6-9-16-14)5-4-12(3)18/h6,9-11,17H,4-5,7-8H2,1-3H3. The molecule has 0 atom stereocenters. The van der Waals surface area contributed by atoms with E-state index in [0.29, 0.717) is 12.5 Å². The molecule has 1 fully saturated rings. The molecule has 0 amide bonds. The Bertz CT molecular complexity index is 436. The number of pyridine rings is 1. The Hall–Kier alpha value is -1.22. The number of aryl methyl sites for hydroxylation is 1. The van der Waals surface area contributed by atoms with Gasteiger partial charge in [-0.25, -0.2) is 0 Å². The second-order valence-electron chi connectivity index (χ2n) is 5.63. The predicted octanol–water partition coefficient (Wildman–Crippen LogP) is 2.59. The van der Waals surface area contributed by atoms with Crippen molar-refractivity contribution < 1.29 is 4.79 Å². The molecular weight excluding hydrogens is 224 g/mol. The van der Waals surface area contributed by atoms with E-state index in [-0.39, 0.29) is 11.3 Å². The molecule has 0 aromatic carbocycles. The molecule has 0 saturated heterocycles. The number of rotatable bonds is 6. The summed E-state index contributed by atoms with van der Waals surface area (Å²) < 4.78 is 0. The monoisotopic (exact) mass is 246 g/mol. The molecule has 2 rings (SSSR count). The number of hydrogen-bond donors (Lipinski definition) is 1. The lowest BCUT2D eigenvalue weighted by atomic mass is 10.0. The largest absolute Gasteiger partial charge is 0.304 e. The Kier molecular flexibility index (Phi) is 3.81. The molecule has 1 aromatic rings. The van der Waals surface area contributed by atoms with Crippen LogP contribution in [-0.2, 0) is 16.8 Å². The van der Waals surface area contributed by atoms with Crippen LogP contribution < -0.4 is 5.32 Å². The Morgan fingerprint density at radius 3 is 2.78 bits per heavy atom. The summed E-state index contributed by atoms with van der Waals surface area (Å²) in [5.41, 5.74) is 2.45. The molecule has 0 unspecified atom stereocenters. The normalized spacial score (nSPS) is 16.9. The quantitative estimate of drug-likeness (QED) is 0.839. The van der Waals surface area contributed by atoms with Crippen molar-refractivity contribution in [3.05, 3.63) is 29.6 Å². The van der Waals surface area contributed by atoms with Crippen molar-refractivity contribution >= 4 is 5.78 Å². The summed E-state index contributed by atoms with van der Waals surface area (Å²) in [4.78, 5) is 15.5. The first-order valence-electron chi connectivity index (χ1n) is 6.74. The van der Waals surface area contributed by atoms with E-state index in [0.717, 1.165) is 25.0 Å². The number of carbonyl (C=O) groups is 1. The van der Waals surface area contributed by atoms with Gasteiger partial charge in [0.25, 0.3) is 0 Å². The summed E-state index contributed by atoms with van der Waals surface area (Å²) in [5.74, 6) is 0.245. The summed E-state index contributed by atoms with van der Waals surface area (Å²) in [6, 6.07) is 4.64. The molecule has 1 aliphatic carbocycles. The molecule has 98 valence electrons. The number of nitrogens with one attached hydrogen (secondary N) is 1. The fourth-order valence-corrected chi connectivity index (χ4v) is 2.36. The van der Waals surface area contributed by atoms with Gasteiger partial charge in [0.15, 0.2) is 0 Å². The lowest BCUT2D eigenvalue weighted by molar-refractivity contribution is -0.116. The number of ketones is 1. The van der Waals surface area contributed by atoms with Gasteiger partial charge in [0.2, 0.25) is 0 Å². The maximum absolute atomic E-state index is 11.0. The number of carbonyl (C=O) groups excluding carboxylic acids is 1. The fourth-order valence-electron chi connectivity index (χ4n) is 2.36. The second-order valence-corrected chi connectivity index (χ2v) is 5.63. The maximum Gasteiger partial charge on any atom is 0.130 e. The zero-order valence-electron chi connectivity index (χ0n) is 11.5. The molecule has 1 aliphatic rings.